The van der Waals surface area contributed by atoms with Gasteiger partial charge >= 0.3 is 0 Å². The van der Waals surface area contributed by atoms with Gasteiger partial charge in [0.1, 0.15) is 0 Å². The van der Waals surface area contributed by atoms with E-state index < -0.39 is 21.7 Å². The predicted molar refractivity (Wildman–Crippen MR) is 99.8 cm³/mol. The molecule has 146 valence electrons. The third-order valence-corrected chi connectivity index (χ3v) is 5.33. The maximum atomic E-state index is 13.2. The molecule has 2 rings (SSSR count). The van der Waals surface area contributed by atoms with Gasteiger partial charge in [-0.15, -0.1) is 0 Å². The second-order valence-electron chi connectivity index (χ2n) is 6.08. The molecule has 5 nitrogen and oxygen atoms in total. The number of sulfonamides is 1. The summed E-state index contributed by atoms with van der Waals surface area (Å²) in [6.07, 6.45) is 1.90. The highest BCUT2D eigenvalue weighted by Gasteiger charge is 2.14. The van der Waals surface area contributed by atoms with Crippen LogP contribution in [0, 0.1) is 11.6 Å². The molecule has 0 bridgehead atoms. The predicted octanol–water partition coefficient (Wildman–Crippen LogP) is 3.61. The molecule has 2 aromatic carbocycles. The fraction of sp³-hybridized carbons (Fsp3) is 0.316. The zero-order chi connectivity index (χ0) is 19.9. The molecule has 0 unspecified atom stereocenters. The fourth-order valence-electron chi connectivity index (χ4n) is 2.38. The number of carbonyl (C=O) groups excluding carboxylic acids is 1. The molecule has 0 aliphatic heterocycles. The van der Waals surface area contributed by atoms with Crippen LogP contribution in [-0.2, 0) is 21.2 Å². The Morgan fingerprint density at radius 3 is 2.56 bits per heavy atom. The minimum absolute atomic E-state index is 0.0524. The molecule has 0 heterocycles. The van der Waals surface area contributed by atoms with Gasteiger partial charge in [-0.2, -0.15) is 0 Å². The number of anilines is 1. The Morgan fingerprint density at radius 2 is 1.85 bits per heavy atom. The molecule has 0 aromatic heterocycles. The van der Waals surface area contributed by atoms with Gasteiger partial charge in [0.2, 0.25) is 15.9 Å². The third kappa shape index (κ3) is 6.41. The van der Waals surface area contributed by atoms with Crippen LogP contribution in [0.25, 0.3) is 0 Å². The molecule has 8 heteroatoms. The molecular weight excluding hydrogens is 374 g/mol. The maximum Gasteiger partial charge on any atom is 0.240 e. The lowest BCUT2D eigenvalue weighted by molar-refractivity contribution is -0.116. The summed E-state index contributed by atoms with van der Waals surface area (Å²) < 4.78 is 53.0. The Balaban J connectivity index is 1.96. The maximum absolute atomic E-state index is 13.2. The summed E-state index contributed by atoms with van der Waals surface area (Å²) in [4.78, 5) is 12.1. The second-order valence-corrected chi connectivity index (χ2v) is 7.84. The number of hydrogen-bond donors (Lipinski definition) is 2. The quantitative estimate of drug-likeness (QED) is 0.636. The SMILES string of the molecule is CCCCNS(=O)(=O)c1cccc(NC(=O)CCc2ccc(F)c(F)c2)c1. The average molecular weight is 396 g/mol. The standard InChI is InChI=1S/C19H22F2N2O3S/c1-2-3-11-22-27(25,26)16-6-4-5-15(13-16)23-19(24)10-8-14-7-9-17(20)18(21)12-14/h4-7,9,12-13,22H,2-3,8,10-11H2,1H3,(H,23,24). The van der Waals surface area contributed by atoms with E-state index in [1.54, 1.807) is 12.1 Å². The van der Waals surface area contributed by atoms with Crippen LogP contribution in [0.4, 0.5) is 14.5 Å². The van der Waals surface area contributed by atoms with Gasteiger partial charge in [-0.3, -0.25) is 4.79 Å². The van der Waals surface area contributed by atoms with Crippen molar-refractivity contribution in [1.82, 2.24) is 4.72 Å². The van der Waals surface area contributed by atoms with Gasteiger partial charge < -0.3 is 5.32 Å². The highest BCUT2D eigenvalue weighted by atomic mass is 32.2. The number of hydrogen-bond acceptors (Lipinski definition) is 3. The van der Waals surface area contributed by atoms with E-state index >= 15 is 0 Å². The second kappa shape index (κ2) is 9.57. The third-order valence-electron chi connectivity index (χ3n) is 3.88. The largest absolute Gasteiger partial charge is 0.326 e. The van der Waals surface area contributed by atoms with Crippen molar-refractivity contribution in [1.29, 1.82) is 0 Å². The summed E-state index contributed by atoms with van der Waals surface area (Å²) in [6.45, 7) is 2.31. The number of halogens is 2. The fourth-order valence-corrected chi connectivity index (χ4v) is 3.50. The zero-order valence-corrected chi connectivity index (χ0v) is 15.8. The number of unbranched alkanes of at least 4 members (excludes halogenated alkanes) is 1. The molecule has 0 atom stereocenters. The smallest absolute Gasteiger partial charge is 0.240 e. The average Bonchev–Trinajstić information content (AvgIpc) is 2.63. The van der Waals surface area contributed by atoms with Gasteiger partial charge in [0, 0.05) is 18.7 Å². The Labute approximate surface area is 157 Å². The summed E-state index contributed by atoms with van der Waals surface area (Å²) in [7, 11) is -3.63. The molecular formula is C19H22F2N2O3S. The van der Waals surface area contributed by atoms with E-state index in [9.17, 15) is 22.0 Å². The van der Waals surface area contributed by atoms with Crippen LogP contribution in [0.3, 0.4) is 0 Å². The lowest BCUT2D eigenvalue weighted by atomic mass is 10.1. The van der Waals surface area contributed by atoms with Crippen molar-refractivity contribution in [3.63, 3.8) is 0 Å². The van der Waals surface area contributed by atoms with Gasteiger partial charge in [0.05, 0.1) is 4.90 Å². The van der Waals surface area contributed by atoms with Crippen molar-refractivity contribution < 1.29 is 22.0 Å². The molecule has 0 fully saturated rings. The minimum Gasteiger partial charge on any atom is -0.326 e. The van der Waals surface area contributed by atoms with Crippen LogP contribution >= 0.6 is 0 Å². The van der Waals surface area contributed by atoms with Crippen molar-refractivity contribution in [2.24, 2.45) is 0 Å². The lowest BCUT2D eigenvalue weighted by Gasteiger charge is -2.09. The first-order chi connectivity index (χ1) is 12.8. The first kappa shape index (κ1) is 21.0. The van der Waals surface area contributed by atoms with Crippen LogP contribution in [0.1, 0.15) is 31.7 Å². The Hall–Kier alpha value is -2.32. The normalized spacial score (nSPS) is 11.4. The first-order valence-electron chi connectivity index (χ1n) is 8.65. The van der Waals surface area contributed by atoms with Gasteiger partial charge in [-0.25, -0.2) is 21.9 Å². The summed E-state index contributed by atoms with van der Waals surface area (Å²) in [5, 5.41) is 2.62. The molecule has 0 saturated carbocycles. The highest BCUT2D eigenvalue weighted by Crippen LogP contribution is 2.16. The number of nitrogens with one attached hydrogen (secondary N) is 2. The number of benzene rings is 2. The van der Waals surface area contributed by atoms with Crippen molar-refractivity contribution in [2.45, 2.75) is 37.5 Å². The van der Waals surface area contributed by atoms with Gasteiger partial charge in [0.25, 0.3) is 0 Å². The Kier molecular flexibility index (Phi) is 7.44. The van der Waals surface area contributed by atoms with E-state index in [4.69, 9.17) is 0 Å². The van der Waals surface area contributed by atoms with E-state index in [2.05, 4.69) is 10.0 Å². The number of aryl methyl sites for hydroxylation is 1. The molecule has 0 aliphatic carbocycles. The van der Waals surface area contributed by atoms with E-state index in [1.165, 1.54) is 18.2 Å². The van der Waals surface area contributed by atoms with E-state index in [0.29, 0.717) is 17.8 Å². The number of carbonyl (C=O) groups is 1. The lowest BCUT2D eigenvalue weighted by Crippen LogP contribution is -2.24. The first-order valence-corrected chi connectivity index (χ1v) is 10.1. The summed E-state index contributed by atoms with van der Waals surface area (Å²) >= 11 is 0. The van der Waals surface area contributed by atoms with Crippen LogP contribution < -0.4 is 10.0 Å². The van der Waals surface area contributed by atoms with Crippen LogP contribution in [0.5, 0.6) is 0 Å². The van der Waals surface area contributed by atoms with Gasteiger partial charge in [-0.1, -0.05) is 25.5 Å². The molecule has 0 aliphatic rings. The number of rotatable bonds is 9. The van der Waals surface area contributed by atoms with Crippen LogP contribution in [0.15, 0.2) is 47.4 Å². The molecule has 2 aromatic rings. The van der Waals surface area contributed by atoms with Crippen LogP contribution in [0.2, 0.25) is 0 Å². The van der Waals surface area contributed by atoms with Gasteiger partial charge in [0.15, 0.2) is 11.6 Å². The topological polar surface area (TPSA) is 75.3 Å². The van der Waals surface area contributed by atoms with E-state index in [0.717, 1.165) is 25.0 Å². The van der Waals surface area contributed by atoms with Crippen molar-refractivity contribution in [3.8, 4) is 0 Å². The summed E-state index contributed by atoms with van der Waals surface area (Å²) in [6, 6.07) is 9.44. The molecule has 0 saturated heterocycles. The highest BCUT2D eigenvalue weighted by molar-refractivity contribution is 7.89. The monoisotopic (exact) mass is 396 g/mol. The molecule has 27 heavy (non-hydrogen) atoms. The summed E-state index contributed by atoms with van der Waals surface area (Å²) in [5.74, 6) is -2.25. The molecule has 0 spiro atoms. The van der Waals surface area contributed by atoms with Crippen LogP contribution in [-0.4, -0.2) is 20.9 Å². The summed E-state index contributed by atoms with van der Waals surface area (Å²) in [5.41, 5.74) is 0.851. The Morgan fingerprint density at radius 1 is 1.07 bits per heavy atom. The van der Waals surface area contributed by atoms with Crippen molar-refractivity contribution in [2.75, 3.05) is 11.9 Å². The molecule has 0 radical (unpaired) electrons. The Bertz CT molecular complexity index is 902. The van der Waals surface area contributed by atoms with E-state index in [1.807, 2.05) is 6.92 Å². The van der Waals surface area contributed by atoms with Gasteiger partial charge in [-0.05, 0) is 48.7 Å². The minimum atomic E-state index is -3.63. The van der Waals surface area contributed by atoms with Crippen molar-refractivity contribution in [3.05, 3.63) is 59.7 Å². The van der Waals surface area contributed by atoms with Crippen molar-refractivity contribution >= 4 is 21.6 Å². The number of amides is 1. The molecule has 1 amide bonds. The zero-order valence-electron chi connectivity index (χ0n) is 15.0. The van der Waals surface area contributed by atoms with E-state index in [-0.39, 0.29) is 23.6 Å². The molecule has 2 N–H and O–H groups in total.